The Kier molecular flexibility index (Phi) is 5.60. The maximum Gasteiger partial charge on any atom is 0.508 e. The Balaban J connectivity index is 4.07. The molecule has 0 bridgehead atoms. The van der Waals surface area contributed by atoms with E-state index < -0.39 is 18.0 Å². The van der Waals surface area contributed by atoms with Crippen molar-refractivity contribution >= 4 is 6.16 Å². The van der Waals surface area contributed by atoms with E-state index in [2.05, 4.69) is 4.74 Å². The van der Waals surface area contributed by atoms with Crippen molar-refractivity contribution < 1.29 is 24.4 Å². The van der Waals surface area contributed by atoms with Gasteiger partial charge in [-0.3, -0.25) is 0 Å². The van der Waals surface area contributed by atoms with Crippen LogP contribution < -0.4 is 0 Å². The van der Waals surface area contributed by atoms with E-state index in [-0.39, 0.29) is 5.92 Å². The third-order valence-electron chi connectivity index (χ3n) is 1.30. The zero-order valence-corrected chi connectivity index (χ0v) is 9.94. The van der Waals surface area contributed by atoms with E-state index in [4.69, 9.17) is 14.9 Å². The van der Waals surface area contributed by atoms with Crippen molar-refractivity contribution in [2.45, 2.75) is 52.9 Å². The van der Waals surface area contributed by atoms with Crippen molar-refractivity contribution in [2.24, 2.45) is 5.92 Å². The Morgan fingerprint density at radius 1 is 1.33 bits per heavy atom. The van der Waals surface area contributed by atoms with E-state index >= 15 is 0 Å². The molecular formula is C10H20O5. The molecule has 1 unspecified atom stereocenters. The Morgan fingerprint density at radius 2 is 1.87 bits per heavy atom. The van der Waals surface area contributed by atoms with Gasteiger partial charge in [0.2, 0.25) is 6.29 Å². The molecule has 1 atom stereocenters. The molecule has 1 N–H and O–H groups in total. The highest BCUT2D eigenvalue weighted by molar-refractivity contribution is 5.56. The van der Waals surface area contributed by atoms with Gasteiger partial charge in [-0.25, -0.2) is 9.68 Å². The van der Waals surface area contributed by atoms with Crippen molar-refractivity contribution in [3.05, 3.63) is 0 Å². The minimum Gasteiger partial charge on any atom is -0.450 e. The van der Waals surface area contributed by atoms with Gasteiger partial charge in [0.1, 0.15) is 0 Å². The summed E-state index contributed by atoms with van der Waals surface area (Å²) in [5.74, 6) is 0.262. The van der Waals surface area contributed by atoms with Crippen LogP contribution in [0.2, 0.25) is 0 Å². The minimum atomic E-state index is -1.36. The van der Waals surface area contributed by atoms with E-state index in [1.165, 1.54) is 0 Å². The van der Waals surface area contributed by atoms with Crippen LogP contribution in [-0.4, -0.2) is 23.2 Å². The molecule has 0 rings (SSSR count). The van der Waals surface area contributed by atoms with Crippen LogP contribution in [0.5, 0.6) is 0 Å². The van der Waals surface area contributed by atoms with Crippen molar-refractivity contribution in [1.82, 2.24) is 0 Å². The first-order valence-electron chi connectivity index (χ1n) is 4.95. The van der Waals surface area contributed by atoms with Gasteiger partial charge in [-0.05, 0) is 26.7 Å². The normalized spacial score (nSPS) is 14.0. The number of hydrogen-bond donors (Lipinski definition) is 1. The second-order valence-corrected chi connectivity index (χ2v) is 4.73. The summed E-state index contributed by atoms with van der Waals surface area (Å²) in [6, 6.07) is 0. The highest BCUT2D eigenvalue weighted by atomic mass is 17.2. The van der Waals surface area contributed by atoms with Crippen LogP contribution in [0.25, 0.3) is 0 Å². The largest absolute Gasteiger partial charge is 0.508 e. The quantitative estimate of drug-likeness (QED) is 0.334. The minimum absolute atomic E-state index is 0.262. The standard InChI is InChI=1S/C10H20O5/c1-7(2)6-8(13-9(11)12)14-15-10(3,4)5/h7-8H,6H2,1-5H3,(H,11,12). The van der Waals surface area contributed by atoms with Crippen molar-refractivity contribution in [2.75, 3.05) is 0 Å². The predicted molar refractivity (Wildman–Crippen MR) is 54.3 cm³/mol. The van der Waals surface area contributed by atoms with Crippen LogP contribution in [0.1, 0.15) is 41.0 Å². The third-order valence-corrected chi connectivity index (χ3v) is 1.30. The highest BCUT2D eigenvalue weighted by Gasteiger charge is 2.21. The molecule has 0 saturated heterocycles. The average molecular weight is 220 g/mol. The summed E-state index contributed by atoms with van der Waals surface area (Å²) in [5.41, 5.74) is -0.489. The number of rotatable bonds is 5. The molecule has 0 amide bonds. The molecule has 5 heteroatoms. The van der Waals surface area contributed by atoms with Gasteiger partial charge < -0.3 is 9.84 Å². The van der Waals surface area contributed by atoms with Crippen LogP contribution in [0.3, 0.4) is 0 Å². The van der Waals surface area contributed by atoms with Crippen LogP contribution in [-0.2, 0) is 14.5 Å². The Hall–Kier alpha value is -0.810. The predicted octanol–water partition coefficient (Wildman–Crippen LogP) is 2.80. The van der Waals surface area contributed by atoms with Gasteiger partial charge in [0.15, 0.2) is 0 Å². The zero-order chi connectivity index (χ0) is 12.1. The van der Waals surface area contributed by atoms with Gasteiger partial charge >= 0.3 is 6.16 Å². The molecule has 0 fully saturated rings. The Morgan fingerprint density at radius 3 is 2.20 bits per heavy atom. The third kappa shape index (κ3) is 9.49. The first-order valence-corrected chi connectivity index (χ1v) is 4.95. The van der Waals surface area contributed by atoms with Crippen LogP contribution >= 0.6 is 0 Å². The number of hydrogen-bond acceptors (Lipinski definition) is 4. The summed E-state index contributed by atoms with van der Waals surface area (Å²) in [6.45, 7) is 9.30. The molecule has 0 aromatic rings. The van der Waals surface area contributed by atoms with E-state index in [0.29, 0.717) is 6.42 Å². The lowest BCUT2D eigenvalue weighted by atomic mass is 10.1. The van der Waals surface area contributed by atoms with E-state index in [9.17, 15) is 4.79 Å². The van der Waals surface area contributed by atoms with Gasteiger partial charge in [0, 0.05) is 6.42 Å². The van der Waals surface area contributed by atoms with E-state index in [1.54, 1.807) is 20.8 Å². The lowest BCUT2D eigenvalue weighted by molar-refractivity contribution is -0.410. The topological polar surface area (TPSA) is 65.0 Å². The maximum atomic E-state index is 10.4. The average Bonchev–Trinajstić information content (AvgIpc) is 1.96. The zero-order valence-electron chi connectivity index (χ0n) is 9.94. The SMILES string of the molecule is CC(C)CC(OOC(C)(C)C)OC(=O)O. The summed E-state index contributed by atoms with van der Waals surface area (Å²) in [4.78, 5) is 20.3. The molecule has 5 nitrogen and oxygen atoms in total. The van der Waals surface area contributed by atoms with Crippen molar-refractivity contribution in [3.63, 3.8) is 0 Å². The molecule has 15 heavy (non-hydrogen) atoms. The molecule has 0 radical (unpaired) electrons. The lowest BCUT2D eigenvalue weighted by Gasteiger charge is -2.23. The second kappa shape index (κ2) is 5.92. The molecule has 0 aliphatic heterocycles. The molecular weight excluding hydrogens is 200 g/mol. The maximum absolute atomic E-state index is 10.4. The van der Waals surface area contributed by atoms with Gasteiger partial charge in [-0.2, -0.15) is 4.89 Å². The Bertz CT molecular complexity index is 194. The van der Waals surface area contributed by atoms with Crippen LogP contribution in [0.4, 0.5) is 4.79 Å². The van der Waals surface area contributed by atoms with E-state index in [0.717, 1.165) is 0 Å². The van der Waals surface area contributed by atoms with Gasteiger partial charge in [0.05, 0.1) is 5.60 Å². The molecule has 0 aliphatic rings. The fourth-order valence-corrected chi connectivity index (χ4v) is 0.802. The summed E-state index contributed by atoms with van der Waals surface area (Å²) < 4.78 is 4.53. The molecule has 0 saturated carbocycles. The summed E-state index contributed by atoms with van der Waals surface area (Å²) in [5, 5.41) is 8.47. The number of ether oxygens (including phenoxy) is 1. The summed E-state index contributed by atoms with van der Waals surface area (Å²) in [7, 11) is 0. The Labute approximate surface area is 90.2 Å². The molecule has 0 aromatic carbocycles. The van der Waals surface area contributed by atoms with E-state index in [1.807, 2.05) is 13.8 Å². The highest BCUT2D eigenvalue weighted by Crippen LogP contribution is 2.15. The summed E-state index contributed by atoms with van der Waals surface area (Å²) in [6.07, 6.45) is -1.78. The smallest absolute Gasteiger partial charge is 0.450 e. The molecule has 0 heterocycles. The van der Waals surface area contributed by atoms with Gasteiger partial charge in [-0.15, -0.1) is 0 Å². The first-order chi connectivity index (χ1) is 6.70. The summed E-state index contributed by atoms with van der Waals surface area (Å²) >= 11 is 0. The lowest BCUT2D eigenvalue weighted by Crippen LogP contribution is -2.28. The van der Waals surface area contributed by atoms with Gasteiger partial charge in [0.25, 0.3) is 0 Å². The van der Waals surface area contributed by atoms with Crippen LogP contribution in [0.15, 0.2) is 0 Å². The van der Waals surface area contributed by atoms with Crippen molar-refractivity contribution in [1.29, 1.82) is 0 Å². The van der Waals surface area contributed by atoms with Crippen molar-refractivity contribution in [3.8, 4) is 0 Å². The molecule has 0 aromatic heterocycles. The first kappa shape index (κ1) is 14.2. The molecule has 0 aliphatic carbocycles. The fraction of sp³-hybridized carbons (Fsp3) is 0.900. The fourth-order valence-electron chi connectivity index (χ4n) is 0.802. The van der Waals surface area contributed by atoms with Gasteiger partial charge in [-0.1, -0.05) is 13.8 Å². The molecule has 90 valence electrons. The monoisotopic (exact) mass is 220 g/mol. The number of carbonyl (C=O) groups is 1. The van der Waals surface area contributed by atoms with Crippen LogP contribution in [0, 0.1) is 5.92 Å². The number of carboxylic acid groups (broad SMARTS) is 1. The molecule has 0 spiro atoms. The second-order valence-electron chi connectivity index (χ2n) is 4.73.